The Kier molecular flexibility index (Phi) is 4.21. The van der Waals surface area contributed by atoms with Crippen molar-refractivity contribution in [3.8, 4) is 0 Å². The zero-order chi connectivity index (χ0) is 13.8. The fraction of sp³-hybridized carbons (Fsp3) is 0.538. The van der Waals surface area contributed by atoms with Gasteiger partial charge in [0.1, 0.15) is 5.82 Å². The van der Waals surface area contributed by atoms with Crippen LogP contribution in [-0.4, -0.2) is 37.7 Å². The summed E-state index contributed by atoms with van der Waals surface area (Å²) < 4.78 is 5.46. The highest BCUT2D eigenvalue weighted by molar-refractivity contribution is 5.98. The molecule has 0 aromatic carbocycles. The van der Waals surface area contributed by atoms with Gasteiger partial charge < -0.3 is 21.1 Å². The maximum atomic E-state index is 11.3. The number of aromatic nitrogens is 1. The second-order valence-electron chi connectivity index (χ2n) is 4.96. The highest BCUT2D eigenvalue weighted by atomic mass is 16.5. The summed E-state index contributed by atoms with van der Waals surface area (Å²) in [5.74, 6) is 0.666. The van der Waals surface area contributed by atoms with Crippen molar-refractivity contribution in [3.05, 3.63) is 17.8 Å². The molecule has 0 radical (unpaired) electrons. The molecule has 4 N–H and O–H groups in total. The molecule has 104 valence electrons. The van der Waals surface area contributed by atoms with Gasteiger partial charge in [-0.3, -0.25) is 4.79 Å². The SMILES string of the molecule is CN(CC1CCCOC1)c1cc(C(N)=O)c(N)cn1. The zero-order valence-electron chi connectivity index (χ0n) is 11.1. The smallest absolute Gasteiger partial charge is 0.250 e. The van der Waals surface area contributed by atoms with E-state index in [1.807, 2.05) is 11.9 Å². The number of hydrogen-bond donors (Lipinski definition) is 2. The molecule has 1 fully saturated rings. The number of primary amides is 1. The quantitative estimate of drug-likeness (QED) is 0.831. The Morgan fingerprint density at radius 2 is 2.42 bits per heavy atom. The summed E-state index contributed by atoms with van der Waals surface area (Å²) in [6, 6.07) is 1.64. The Bertz CT molecular complexity index is 458. The normalized spacial score (nSPS) is 19.1. The molecule has 19 heavy (non-hydrogen) atoms. The second kappa shape index (κ2) is 5.88. The third-order valence-electron chi connectivity index (χ3n) is 3.36. The van der Waals surface area contributed by atoms with Gasteiger partial charge in [0.05, 0.1) is 24.1 Å². The van der Waals surface area contributed by atoms with E-state index in [4.69, 9.17) is 16.2 Å². The van der Waals surface area contributed by atoms with E-state index >= 15 is 0 Å². The van der Waals surface area contributed by atoms with Gasteiger partial charge in [0.2, 0.25) is 0 Å². The predicted octanol–water partition coefficient (Wildman–Crippen LogP) is 0.626. The number of amides is 1. The number of hydrogen-bond acceptors (Lipinski definition) is 5. The van der Waals surface area contributed by atoms with Crippen LogP contribution < -0.4 is 16.4 Å². The first-order valence-corrected chi connectivity index (χ1v) is 6.42. The minimum absolute atomic E-state index is 0.311. The van der Waals surface area contributed by atoms with E-state index in [-0.39, 0.29) is 0 Å². The summed E-state index contributed by atoms with van der Waals surface area (Å²) in [5.41, 5.74) is 11.6. The molecule has 1 aliphatic rings. The first-order chi connectivity index (χ1) is 9.08. The molecule has 0 aliphatic carbocycles. The Hall–Kier alpha value is -1.82. The van der Waals surface area contributed by atoms with Crippen molar-refractivity contribution >= 4 is 17.4 Å². The monoisotopic (exact) mass is 264 g/mol. The van der Waals surface area contributed by atoms with Crippen molar-refractivity contribution in [1.82, 2.24) is 4.98 Å². The topological polar surface area (TPSA) is 94.5 Å². The number of pyridine rings is 1. The molecule has 1 saturated heterocycles. The number of nitrogens with zero attached hydrogens (tertiary/aromatic N) is 2. The van der Waals surface area contributed by atoms with Crippen molar-refractivity contribution in [2.75, 3.05) is 37.4 Å². The van der Waals surface area contributed by atoms with Gasteiger partial charge in [-0.15, -0.1) is 0 Å². The van der Waals surface area contributed by atoms with Crippen LogP contribution in [-0.2, 0) is 4.74 Å². The maximum Gasteiger partial charge on any atom is 0.250 e. The number of anilines is 2. The van der Waals surface area contributed by atoms with E-state index in [0.717, 1.165) is 32.6 Å². The van der Waals surface area contributed by atoms with Crippen LogP contribution in [0.15, 0.2) is 12.3 Å². The number of rotatable bonds is 4. The fourth-order valence-electron chi connectivity index (χ4n) is 2.31. The first-order valence-electron chi connectivity index (χ1n) is 6.42. The average molecular weight is 264 g/mol. The third kappa shape index (κ3) is 3.35. The highest BCUT2D eigenvalue weighted by Gasteiger charge is 2.17. The molecule has 1 aromatic rings. The molecule has 1 aromatic heterocycles. The van der Waals surface area contributed by atoms with Crippen molar-refractivity contribution < 1.29 is 9.53 Å². The lowest BCUT2D eigenvalue weighted by Gasteiger charge is -2.28. The van der Waals surface area contributed by atoms with Crippen LogP contribution in [0.2, 0.25) is 0 Å². The lowest BCUT2D eigenvalue weighted by atomic mass is 10.0. The number of carbonyl (C=O) groups is 1. The van der Waals surface area contributed by atoms with Crippen molar-refractivity contribution in [3.63, 3.8) is 0 Å². The number of ether oxygens (including phenoxy) is 1. The standard InChI is InChI=1S/C13H20N4O2/c1-17(7-9-3-2-4-19-8-9)12-5-10(13(15)18)11(14)6-16-12/h5-6,9H,2-4,7-8,14H2,1H3,(H2,15,18). The van der Waals surface area contributed by atoms with Gasteiger partial charge in [0, 0.05) is 20.2 Å². The molecular formula is C13H20N4O2. The number of nitrogen functional groups attached to an aromatic ring is 1. The Morgan fingerprint density at radius 1 is 1.63 bits per heavy atom. The van der Waals surface area contributed by atoms with Crippen molar-refractivity contribution in [1.29, 1.82) is 0 Å². The molecular weight excluding hydrogens is 244 g/mol. The summed E-state index contributed by atoms with van der Waals surface area (Å²) >= 11 is 0. The van der Waals surface area contributed by atoms with E-state index in [0.29, 0.717) is 23.0 Å². The van der Waals surface area contributed by atoms with Crippen LogP contribution in [0, 0.1) is 5.92 Å². The Labute approximate surface area is 112 Å². The van der Waals surface area contributed by atoms with Gasteiger partial charge >= 0.3 is 0 Å². The van der Waals surface area contributed by atoms with Crippen LogP contribution in [0.5, 0.6) is 0 Å². The van der Waals surface area contributed by atoms with Crippen molar-refractivity contribution in [2.45, 2.75) is 12.8 Å². The molecule has 2 heterocycles. The van der Waals surface area contributed by atoms with Gasteiger partial charge in [0.25, 0.3) is 5.91 Å². The highest BCUT2D eigenvalue weighted by Crippen LogP contribution is 2.20. The molecule has 0 spiro atoms. The molecule has 0 saturated carbocycles. The van der Waals surface area contributed by atoms with Gasteiger partial charge in [-0.25, -0.2) is 4.98 Å². The number of carbonyl (C=O) groups excluding carboxylic acids is 1. The lowest BCUT2D eigenvalue weighted by molar-refractivity contribution is 0.0576. The summed E-state index contributed by atoms with van der Waals surface area (Å²) in [4.78, 5) is 17.5. The first kappa shape index (κ1) is 13.6. The zero-order valence-corrected chi connectivity index (χ0v) is 11.1. The minimum atomic E-state index is -0.532. The maximum absolute atomic E-state index is 11.3. The van der Waals surface area contributed by atoms with Crippen LogP contribution in [0.3, 0.4) is 0 Å². The van der Waals surface area contributed by atoms with E-state index in [2.05, 4.69) is 4.98 Å². The molecule has 1 aliphatic heterocycles. The largest absolute Gasteiger partial charge is 0.397 e. The predicted molar refractivity (Wildman–Crippen MR) is 74.0 cm³/mol. The summed E-state index contributed by atoms with van der Waals surface area (Å²) in [6.45, 7) is 2.48. The van der Waals surface area contributed by atoms with Gasteiger partial charge in [0.15, 0.2) is 0 Å². The van der Waals surface area contributed by atoms with Crippen LogP contribution >= 0.6 is 0 Å². The van der Waals surface area contributed by atoms with E-state index in [1.165, 1.54) is 6.20 Å². The molecule has 1 amide bonds. The second-order valence-corrected chi connectivity index (χ2v) is 4.96. The molecule has 1 atom stereocenters. The lowest BCUT2D eigenvalue weighted by Crippen LogP contribution is -2.31. The molecule has 0 bridgehead atoms. The van der Waals surface area contributed by atoms with Gasteiger partial charge in [-0.1, -0.05) is 0 Å². The minimum Gasteiger partial charge on any atom is -0.397 e. The molecule has 1 unspecified atom stereocenters. The Balaban J connectivity index is 2.07. The van der Waals surface area contributed by atoms with E-state index < -0.39 is 5.91 Å². The van der Waals surface area contributed by atoms with Crippen LogP contribution in [0.4, 0.5) is 11.5 Å². The summed E-state index contributed by atoms with van der Waals surface area (Å²) in [7, 11) is 1.94. The molecule has 6 nitrogen and oxygen atoms in total. The molecule has 2 rings (SSSR count). The van der Waals surface area contributed by atoms with E-state index in [1.54, 1.807) is 6.07 Å². The van der Waals surface area contributed by atoms with Crippen LogP contribution in [0.1, 0.15) is 23.2 Å². The molecule has 6 heteroatoms. The summed E-state index contributed by atoms with van der Waals surface area (Å²) in [6.07, 6.45) is 3.73. The Morgan fingerprint density at radius 3 is 3.05 bits per heavy atom. The average Bonchev–Trinajstić information content (AvgIpc) is 2.40. The summed E-state index contributed by atoms with van der Waals surface area (Å²) in [5, 5.41) is 0. The van der Waals surface area contributed by atoms with E-state index in [9.17, 15) is 4.79 Å². The fourth-order valence-corrected chi connectivity index (χ4v) is 2.31. The van der Waals surface area contributed by atoms with Crippen LogP contribution in [0.25, 0.3) is 0 Å². The van der Waals surface area contributed by atoms with Crippen molar-refractivity contribution in [2.24, 2.45) is 11.7 Å². The van der Waals surface area contributed by atoms with Gasteiger partial charge in [-0.2, -0.15) is 0 Å². The van der Waals surface area contributed by atoms with Gasteiger partial charge in [-0.05, 0) is 24.8 Å². The number of nitrogens with two attached hydrogens (primary N) is 2. The third-order valence-corrected chi connectivity index (χ3v) is 3.36.